The SMILES string of the molecule is CCNc1ncc(Br)cc1S(=O)(=O)Nc1ccc(C)nc1. The Balaban J connectivity index is 2.39. The van der Waals surface area contributed by atoms with Crippen LogP contribution in [0.15, 0.2) is 40.0 Å². The monoisotopic (exact) mass is 370 g/mol. The first-order valence-corrected chi connectivity index (χ1v) is 8.55. The fourth-order valence-corrected chi connectivity index (χ4v) is 3.35. The number of aromatic nitrogens is 2. The normalized spacial score (nSPS) is 11.2. The summed E-state index contributed by atoms with van der Waals surface area (Å²) in [5, 5.41) is 2.94. The Bertz CT molecular complexity index is 732. The molecule has 2 aromatic rings. The number of rotatable bonds is 5. The van der Waals surface area contributed by atoms with Crippen LogP contribution in [-0.2, 0) is 10.0 Å². The molecule has 0 bridgehead atoms. The lowest BCUT2D eigenvalue weighted by molar-refractivity contribution is 0.601. The molecule has 0 atom stereocenters. The average molecular weight is 371 g/mol. The quantitative estimate of drug-likeness (QED) is 0.845. The Morgan fingerprint density at radius 3 is 2.62 bits per heavy atom. The summed E-state index contributed by atoms with van der Waals surface area (Å²) in [7, 11) is -3.75. The first kappa shape index (κ1) is 15.7. The first-order chi connectivity index (χ1) is 9.92. The lowest BCUT2D eigenvalue weighted by Gasteiger charge is -2.12. The van der Waals surface area contributed by atoms with Gasteiger partial charge in [-0.25, -0.2) is 13.4 Å². The van der Waals surface area contributed by atoms with Crippen LogP contribution in [0.1, 0.15) is 12.6 Å². The molecule has 0 aliphatic heterocycles. The molecule has 0 saturated heterocycles. The van der Waals surface area contributed by atoms with E-state index in [9.17, 15) is 8.42 Å². The summed E-state index contributed by atoms with van der Waals surface area (Å²) >= 11 is 3.24. The maximum absolute atomic E-state index is 12.5. The summed E-state index contributed by atoms with van der Waals surface area (Å²) in [6, 6.07) is 4.91. The highest BCUT2D eigenvalue weighted by Gasteiger charge is 2.20. The Labute approximate surface area is 132 Å². The van der Waals surface area contributed by atoms with Crippen molar-refractivity contribution in [3.05, 3.63) is 40.8 Å². The molecule has 112 valence electrons. The average Bonchev–Trinajstić information content (AvgIpc) is 2.43. The number of anilines is 2. The van der Waals surface area contributed by atoms with E-state index in [1.165, 1.54) is 12.3 Å². The number of halogens is 1. The fraction of sp³-hybridized carbons (Fsp3) is 0.231. The molecule has 0 radical (unpaired) electrons. The largest absolute Gasteiger partial charge is 0.369 e. The van der Waals surface area contributed by atoms with Crippen molar-refractivity contribution in [2.75, 3.05) is 16.6 Å². The first-order valence-electron chi connectivity index (χ1n) is 6.27. The second-order valence-corrected chi connectivity index (χ2v) is 6.89. The van der Waals surface area contributed by atoms with Crippen molar-refractivity contribution in [3.8, 4) is 0 Å². The van der Waals surface area contributed by atoms with Crippen LogP contribution in [0.2, 0.25) is 0 Å². The Morgan fingerprint density at radius 2 is 2.00 bits per heavy atom. The van der Waals surface area contributed by atoms with E-state index in [1.54, 1.807) is 18.3 Å². The van der Waals surface area contributed by atoms with Crippen LogP contribution in [0.25, 0.3) is 0 Å². The third kappa shape index (κ3) is 3.92. The zero-order chi connectivity index (χ0) is 15.5. The summed E-state index contributed by atoms with van der Waals surface area (Å²) in [6.45, 7) is 4.28. The van der Waals surface area contributed by atoms with Gasteiger partial charge in [0.25, 0.3) is 10.0 Å². The second kappa shape index (κ2) is 6.40. The van der Waals surface area contributed by atoms with Gasteiger partial charge in [-0.05, 0) is 48.0 Å². The maximum atomic E-state index is 12.5. The van der Waals surface area contributed by atoms with Gasteiger partial charge in [0, 0.05) is 22.9 Å². The van der Waals surface area contributed by atoms with Crippen LogP contribution in [0, 0.1) is 6.92 Å². The highest BCUT2D eigenvalue weighted by Crippen LogP contribution is 2.25. The molecule has 2 aromatic heterocycles. The summed E-state index contributed by atoms with van der Waals surface area (Å²) < 4.78 is 28.1. The van der Waals surface area contributed by atoms with E-state index < -0.39 is 10.0 Å². The van der Waals surface area contributed by atoms with Crippen LogP contribution in [0.5, 0.6) is 0 Å². The van der Waals surface area contributed by atoms with E-state index in [1.807, 2.05) is 13.8 Å². The van der Waals surface area contributed by atoms with Gasteiger partial charge in [0.2, 0.25) is 0 Å². The molecule has 0 fully saturated rings. The molecule has 2 heterocycles. The topological polar surface area (TPSA) is 84.0 Å². The minimum absolute atomic E-state index is 0.0827. The molecule has 2 N–H and O–H groups in total. The molecule has 0 spiro atoms. The van der Waals surface area contributed by atoms with E-state index in [0.29, 0.717) is 22.5 Å². The smallest absolute Gasteiger partial charge is 0.265 e. The van der Waals surface area contributed by atoms with E-state index in [4.69, 9.17) is 0 Å². The molecule has 0 unspecified atom stereocenters. The van der Waals surface area contributed by atoms with Gasteiger partial charge in [-0.3, -0.25) is 9.71 Å². The highest BCUT2D eigenvalue weighted by molar-refractivity contribution is 9.10. The van der Waals surface area contributed by atoms with Gasteiger partial charge in [0.05, 0.1) is 11.9 Å². The van der Waals surface area contributed by atoms with Crippen molar-refractivity contribution in [2.45, 2.75) is 18.7 Å². The number of nitrogens with one attached hydrogen (secondary N) is 2. The molecule has 2 rings (SSSR count). The lowest BCUT2D eigenvalue weighted by atomic mass is 10.4. The number of sulfonamides is 1. The van der Waals surface area contributed by atoms with Gasteiger partial charge in [-0.1, -0.05) is 0 Å². The molecular weight excluding hydrogens is 356 g/mol. The minimum atomic E-state index is -3.75. The predicted molar refractivity (Wildman–Crippen MR) is 85.9 cm³/mol. The van der Waals surface area contributed by atoms with Crippen LogP contribution >= 0.6 is 15.9 Å². The zero-order valence-corrected chi connectivity index (χ0v) is 14.0. The zero-order valence-electron chi connectivity index (χ0n) is 11.6. The Hall–Kier alpha value is -1.67. The molecule has 8 heteroatoms. The second-order valence-electron chi connectivity index (χ2n) is 4.32. The van der Waals surface area contributed by atoms with Crippen molar-refractivity contribution in [2.24, 2.45) is 0 Å². The summed E-state index contributed by atoms with van der Waals surface area (Å²) in [4.78, 5) is 8.25. The fourth-order valence-electron chi connectivity index (χ4n) is 1.66. The van der Waals surface area contributed by atoms with Crippen molar-refractivity contribution < 1.29 is 8.42 Å². The molecular formula is C13H15BrN4O2S. The summed E-state index contributed by atoms with van der Waals surface area (Å²) in [5.41, 5.74) is 1.22. The van der Waals surface area contributed by atoms with Crippen LogP contribution < -0.4 is 10.0 Å². The summed E-state index contributed by atoms with van der Waals surface area (Å²) in [6.07, 6.45) is 3.02. The van der Waals surface area contributed by atoms with Gasteiger partial charge >= 0.3 is 0 Å². The Morgan fingerprint density at radius 1 is 1.24 bits per heavy atom. The van der Waals surface area contributed by atoms with Crippen LogP contribution in [0.4, 0.5) is 11.5 Å². The lowest BCUT2D eigenvalue weighted by Crippen LogP contribution is -2.16. The van der Waals surface area contributed by atoms with E-state index in [0.717, 1.165) is 5.69 Å². The van der Waals surface area contributed by atoms with Gasteiger partial charge < -0.3 is 5.32 Å². The van der Waals surface area contributed by atoms with E-state index in [-0.39, 0.29) is 4.90 Å². The van der Waals surface area contributed by atoms with Gasteiger partial charge in [0.15, 0.2) is 0 Å². The number of hydrogen-bond acceptors (Lipinski definition) is 5. The van der Waals surface area contributed by atoms with Crippen molar-refractivity contribution in [1.82, 2.24) is 9.97 Å². The van der Waals surface area contributed by atoms with Crippen molar-refractivity contribution >= 4 is 37.5 Å². The number of nitrogens with zero attached hydrogens (tertiary/aromatic N) is 2. The van der Waals surface area contributed by atoms with Gasteiger partial charge in [-0.15, -0.1) is 0 Å². The minimum Gasteiger partial charge on any atom is -0.369 e. The van der Waals surface area contributed by atoms with Crippen LogP contribution in [-0.4, -0.2) is 24.9 Å². The number of hydrogen-bond donors (Lipinski definition) is 2. The third-order valence-electron chi connectivity index (χ3n) is 2.62. The molecule has 0 aliphatic rings. The molecule has 0 aromatic carbocycles. The molecule has 21 heavy (non-hydrogen) atoms. The standard InChI is InChI=1S/C13H15BrN4O2S/c1-3-15-13-12(6-10(14)7-17-13)21(19,20)18-11-5-4-9(2)16-8-11/h4-8,18H,3H2,1-2H3,(H,15,17). The maximum Gasteiger partial charge on any atom is 0.265 e. The van der Waals surface area contributed by atoms with E-state index >= 15 is 0 Å². The van der Waals surface area contributed by atoms with E-state index in [2.05, 4.69) is 35.9 Å². The highest BCUT2D eigenvalue weighted by atomic mass is 79.9. The molecule has 0 saturated carbocycles. The predicted octanol–water partition coefficient (Wildman–Crippen LogP) is 2.78. The van der Waals surface area contributed by atoms with Crippen molar-refractivity contribution in [3.63, 3.8) is 0 Å². The summed E-state index contributed by atoms with van der Waals surface area (Å²) in [5.74, 6) is 0.313. The number of aryl methyl sites for hydroxylation is 1. The van der Waals surface area contributed by atoms with Crippen LogP contribution in [0.3, 0.4) is 0 Å². The Kier molecular flexibility index (Phi) is 4.79. The number of pyridine rings is 2. The molecule has 6 nitrogen and oxygen atoms in total. The van der Waals surface area contributed by atoms with Gasteiger partial charge in [0.1, 0.15) is 10.7 Å². The molecule has 0 aliphatic carbocycles. The van der Waals surface area contributed by atoms with Crippen molar-refractivity contribution in [1.29, 1.82) is 0 Å². The third-order valence-corrected chi connectivity index (χ3v) is 4.45. The molecule has 0 amide bonds. The van der Waals surface area contributed by atoms with Gasteiger partial charge in [-0.2, -0.15) is 0 Å².